The lowest BCUT2D eigenvalue weighted by molar-refractivity contribution is -0.147. The van der Waals surface area contributed by atoms with Gasteiger partial charge in [0.25, 0.3) is 5.91 Å². The Kier molecular flexibility index (Phi) is 4.62. The third-order valence-corrected chi connectivity index (χ3v) is 5.43. The minimum atomic E-state index is -0.438. The molecule has 1 saturated heterocycles. The Morgan fingerprint density at radius 1 is 1.47 bits per heavy atom. The van der Waals surface area contributed by atoms with Gasteiger partial charge in [0, 0.05) is 6.54 Å². The third kappa shape index (κ3) is 3.00. The number of likely N-dealkylation sites (tertiary alicyclic amines) is 1. The van der Waals surface area contributed by atoms with Gasteiger partial charge in [0.2, 0.25) is 0 Å². The minimum absolute atomic E-state index is 0.0751. The molecular formula is C13H16BrNO3S. The maximum Gasteiger partial charge on any atom is 0.328 e. The number of hydrogen-bond acceptors (Lipinski definition) is 4. The molecule has 0 saturated carbocycles. The number of halogens is 1. The highest BCUT2D eigenvalue weighted by Gasteiger charge is 2.33. The third-order valence-electron chi connectivity index (χ3n) is 3.30. The summed E-state index contributed by atoms with van der Waals surface area (Å²) >= 11 is 4.83. The van der Waals surface area contributed by atoms with Gasteiger partial charge < -0.3 is 9.64 Å². The molecule has 1 fully saturated rings. The van der Waals surface area contributed by atoms with Gasteiger partial charge in [0.05, 0.1) is 15.8 Å². The molecule has 1 unspecified atom stereocenters. The summed E-state index contributed by atoms with van der Waals surface area (Å²) in [6.45, 7) is 2.57. The number of piperidine rings is 1. The van der Waals surface area contributed by atoms with Crippen molar-refractivity contribution in [2.75, 3.05) is 13.7 Å². The van der Waals surface area contributed by atoms with Crippen LogP contribution >= 0.6 is 27.3 Å². The van der Waals surface area contributed by atoms with Crippen LogP contribution in [0.5, 0.6) is 0 Å². The van der Waals surface area contributed by atoms with E-state index in [2.05, 4.69) is 15.9 Å². The largest absolute Gasteiger partial charge is 0.467 e. The average molecular weight is 346 g/mol. The van der Waals surface area contributed by atoms with Crippen LogP contribution in [-0.4, -0.2) is 36.5 Å². The number of thiophene rings is 1. The summed E-state index contributed by atoms with van der Waals surface area (Å²) in [5, 5.41) is 0. The van der Waals surface area contributed by atoms with Gasteiger partial charge in [-0.05, 0) is 53.7 Å². The van der Waals surface area contributed by atoms with E-state index in [1.54, 1.807) is 4.90 Å². The average Bonchev–Trinajstić information content (AvgIpc) is 2.77. The van der Waals surface area contributed by atoms with Crippen LogP contribution in [0, 0.1) is 6.92 Å². The first-order chi connectivity index (χ1) is 9.04. The van der Waals surface area contributed by atoms with E-state index in [0.717, 1.165) is 22.2 Å². The number of esters is 1. The standard InChI is InChI=1S/C13H16BrNO3S/c1-8-7-10(19-11(8)14)12(16)15-6-4-3-5-9(15)13(17)18-2/h7,9H,3-6H2,1-2H3. The monoisotopic (exact) mass is 345 g/mol. The summed E-state index contributed by atoms with van der Waals surface area (Å²) < 4.78 is 5.76. The molecule has 0 radical (unpaired) electrons. The van der Waals surface area contributed by atoms with E-state index in [4.69, 9.17) is 4.74 Å². The molecule has 6 heteroatoms. The Morgan fingerprint density at radius 2 is 2.21 bits per heavy atom. The second-order valence-electron chi connectivity index (χ2n) is 4.60. The molecule has 1 amide bonds. The van der Waals surface area contributed by atoms with Crippen LogP contribution in [0.25, 0.3) is 0 Å². The molecular weight excluding hydrogens is 330 g/mol. The first kappa shape index (κ1) is 14.5. The van der Waals surface area contributed by atoms with Crippen molar-refractivity contribution in [3.63, 3.8) is 0 Å². The molecule has 2 heterocycles. The van der Waals surface area contributed by atoms with Gasteiger partial charge in [-0.1, -0.05) is 0 Å². The van der Waals surface area contributed by atoms with E-state index in [1.165, 1.54) is 18.4 Å². The zero-order valence-electron chi connectivity index (χ0n) is 10.9. The summed E-state index contributed by atoms with van der Waals surface area (Å²) in [5.74, 6) is -0.394. The number of amides is 1. The van der Waals surface area contributed by atoms with Gasteiger partial charge in [-0.2, -0.15) is 0 Å². The SMILES string of the molecule is COC(=O)C1CCCCN1C(=O)c1cc(C)c(Br)s1. The minimum Gasteiger partial charge on any atom is -0.467 e. The van der Waals surface area contributed by atoms with Gasteiger partial charge in [-0.25, -0.2) is 4.79 Å². The Hall–Kier alpha value is -0.880. The van der Waals surface area contributed by atoms with E-state index in [0.29, 0.717) is 17.8 Å². The topological polar surface area (TPSA) is 46.6 Å². The number of nitrogens with zero attached hydrogens (tertiary/aromatic N) is 1. The highest BCUT2D eigenvalue weighted by molar-refractivity contribution is 9.11. The molecule has 104 valence electrons. The molecule has 1 aromatic rings. The fourth-order valence-electron chi connectivity index (χ4n) is 2.26. The zero-order chi connectivity index (χ0) is 14.0. The fraction of sp³-hybridized carbons (Fsp3) is 0.538. The van der Waals surface area contributed by atoms with Crippen LogP contribution in [0.1, 0.15) is 34.5 Å². The van der Waals surface area contributed by atoms with Gasteiger partial charge >= 0.3 is 5.97 Å². The van der Waals surface area contributed by atoms with Crippen molar-refractivity contribution in [1.82, 2.24) is 4.90 Å². The van der Waals surface area contributed by atoms with Gasteiger partial charge in [0.15, 0.2) is 0 Å². The van der Waals surface area contributed by atoms with Crippen molar-refractivity contribution in [3.05, 3.63) is 20.3 Å². The number of methoxy groups -OCH3 is 1. The van der Waals surface area contributed by atoms with E-state index >= 15 is 0 Å². The maximum atomic E-state index is 12.5. The van der Waals surface area contributed by atoms with Crippen LogP contribution in [-0.2, 0) is 9.53 Å². The number of rotatable bonds is 2. The van der Waals surface area contributed by atoms with Gasteiger partial charge in [-0.3, -0.25) is 4.79 Å². The van der Waals surface area contributed by atoms with Crippen LogP contribution in [0.4, 0.5) is 0 Å². The van der Waals surface area contributed by atoms with E-state index in [-0.39, 0.29) is 11.9 Å². The molecule has 0 spiro atoms. The van der Waals surface area contributed by atoms with Crippen molar-refractivity contribution in [1.29, 1.82) is 0 Å². The van der Waals surface area contributed by atoms with Crippen molar-refractivity contribution in [3.8, 4) is 0 Å². The maximum absolute atomic E-state index is 12.5. The Bertz CT molecular complexity index is 481. The van der Waals surface area contributed by atoms with E-state index in [9.17, 15) is 9.59 Å². The molecule has 0 bridgehead atoms. The van der Waals surface area contributed by atoms with Crippen LogP contribution in [0.3, 0.4) is 0 Å². The zero-order valence-corrected chi connectivity index (χ0v) is 13.3. The molecule has 0 N–H and O–H groups in total. The molecule has 1 aliphatic heterocycles. The fourth-order valence-corrected chi connectivity index (χ4v) is 3.75. The number of carbonyl (C=O) groups excluding carboxylic acids is 2. The van der Waals surface area contributed by atoms with Crippen LogP contribution in [0.2, 0.25) is 0 Å². The highest BCUT2D eigenvalue weighted by Crippen LogP contribution is 2.30. The first-order valence-electron chi connectivity index (χ1n) is 6.19. The first-order valence-corrected chi connectivity index (χ1v) is 7.80. The number of aryl methyl sites for hydroxylation is 1. The molecule has 4 nitrogen and oxygen atoms in total. The lowest BCUT2D eigenvalue weighted by Crippen LogP contribution is -2.48. The molecule has 2 rings (SSSR count). The summed E-state index contributed by atoms with van der Waals surface area (Å²) in [6.07, 6.45) is 2.57. The Labute approximate surface area is 124 Å². The van der Waals surface area contributed by atoms with Gasteiger partial charge in [0.1, 0.15) is 6.04 Å². The Morgan fingerprint density at radius 3 is 2.79 bits per heavy atom. The van der Waals surface area contributed by atoms with Crippen molar-refractivity contribution in [2.45, 2.75) is 32.2 Å². The smallest absolute Gasteiger partial charge is 0.328 e. The quantitative estimate of drug-likeness (QED) is 0.774. The lowest BCUT2D eigenvalue weighted by atomic mass is 10.0. The van der Waals surface area contributed by atoms with E-state index < -0.39 is 6.04 Å². The number of ether oxygens (including phenoxy) is 1. The number of carbonyl (C=O) groups is 2. The van der Waals surface area contributed by atoms with Crippen molar-refractivity contribution < 1.29 is 14.3 Å². The van der Waals surface area contributed by atoms with Crippen molar-refractivity contribution in [2.24, 2.45) is 0 Å². The second kappa shape index (κ2) is 6.05. The molecule has 0 aromatic carbocycles. The predicted octanol–water partition coefficient (Wildman–Crippen LogP) is 2.99. The summed E-state index contributed by atoms with van der Waals surface area (Å²) in [6, 6.07) is 1.42. The molecule has 1 aromatic heterocycles. The van der Waals surface area contributed by atoms with Crippen LogP contribution < -0.4 is 0 Å². The molecule has 0 aliphatic carbocycles. The molecule has 19 heavy (non-hydrogen) atoms. The number of hydrogen-bond donors (Lipinski definition) is 0. The van der Waals surface area contributed by atoms with E-state index in [1.807, 2.05) is 13.0 Å². The highest BCUT2D eigenvalue weighted by atomic mass is 79.9. The predicted molar refractivity (Wildman–Crippen MR) is 77.4 cm³/mol. The lowest BCUT2D eigenvalue weighted by Gasteiger charge is -2.33. The van der Waals surface area contributed by atoms with Crippen molar-refractivity contribution >= 4 is 39.1 Å². The molecule has 1 aliphatic rings. The second-order valence-corrected chi connectivity index (χ2v) is 6.97. The normalized spacial score (nSPS) is 19.3. The van der Waals surface area contributed by atoms with Crippen LogP contribution in [0.15, 0.2) is 9.85 Å². The Balaban J connectivity index is 2.22. The summed E-state index contributed by atoms with van der Waals surface area (Å²) in [4.78, 5) is 26.6. The summed E-state index contributed by atoms with van der Waals surface area (Å²) in [5.41, 5.74) is 1.04. The molecule has 1 atom stereocenters. The van der Waals surface area contributed by atoms with Gasteiger partial charge in [-0.15, -0.1) is 11.3 Å². The summed E-state index contributed by atoms with van der Waals surface area (Å²) in [7, 11) is 1.37.